The fraction of sp³-hybridized carbons (Fsp3) is 0.429. The van der Waals surface area contributed by atoms with Gasteiger partial charge < -0.3 is 19.9 Å². The molecule has 182 valence electrons. The fourth-order valence-corrected chi connectivity index (χ4v) is 4.10. The second-order valence-corrected chi connectivity index (χ2v) is 8.37. The van der Waals surface area contributed by atoms with Crippen LogP contribution in [0.4, 0.5) is 11.5 Å². The Hall–Kier alpha value is -3.45. The van der Waals surface area contributed by atoms with Crippen LogP contribution in [0.3, 0.4) is 0 Å². The van der Waals surface area contributed by atoms with Gasteiger partial charge >= 0.3 is 5.69 Å². The largest absolute Gasteiger partial charge is 0.383 e. The lowest BCUT2D eigenvalue weighted by Gasteiger charge is -2.24. The monoisotopic (exact) mass is 488 g/mol. The number of aromatic amines is 1. The summed E-state index contributed by atoms with van der Waals surface area (Å²) in [5.74, 6) is 0.151. The maximum absolute atomic E-state index is 13.2. The van der Waals surface area contributed by atoms with Crippen molar-refractivity contribution in [2.75, 3.05) is 36.6 Å². The van der Waals surface area contributed by atoms with Crippen molar-refractivity contribution in [2.24, 2.45) is 7.05 Å². The van der Waals surface area contributed by atoms with Gasteiger partial charge in [-0.25, -0.2) is 4.79 Å². The minimum absolute atomic E-state index is 0.0320. The third-order valence-corrected chi connectivity index (χ3v) is 6.12. The average Bonchev–Trinajstić information content (AvgIpc) is 3.20. The third kappa shape index (κ3) is 5.54. The number of rotatable bonds is 11. The molecule has 0 aliphatic heterocycles. The number of ether oxygens (including phenoxy) is 1. The van der Waals surface area contributed by atoms with E-state index < -0.39 is 11.2 Å². The molecular weight excluding hydrogens is 460 g/mol. The lowest BCUT2D eigenvalue weighted by molar-refractivity contribution is -0.116. The molecule has 3 aromatic heterocycles. The Morgan fingerprint density at radius 3 is 2.79 bits per heavy atom. The summed E-state index contributed by atoms with van der Waals surface area (Å²) < 4.78 is 8.17. The second kappa shape index (κ2) is 11.6. The van der Waals surface area contributed by atoms with Gasteiger partial charge in [-0.15, -0.1) is 10.2 Å². The Morgan fingerprint density at radius 1 is 1.32 bits per heavy atom. The van der Waals surface area contributed by atoms with Crippen molar-refractivity contribution in [3.8, 4) is 11.4 Å². The van der Waals surface area contributed by atoms with E-state index in [1.807, 2.05) is 13.0 Å². The molecule has 3 aromatic rings. The van der Waals surface area contributed by atoms with Gasteiger partial charge in [-0.2, -0.15) is 0 Å². The molecule has 3 rings (SSSR count). The van der Waals surface area contributed by atoms with E-state index in [1.54, 1.807) is 30.1 Å². The number of hydrogen-bond acceptors (Lipinski definition) is 9. The zero-order valence-corrected chi connectivity index (χ0v) is 20.2. The number of H-pyrrole nitrogens is 1. The van der Waals surface area contributed by atoms with Crippen molar-refractivity contribution in [3.05, 3.63) is 45.4 Å². The van der Waals surface area contributed by atoms with Crippen LogP contribution in [0.25, 0.3) is 11.4 Å². The molecule has 0 aliphatic carbocycles. The normalized spacial score (nSPS) is 11.0. The SMILES string of the molecule is CCCCn1c(N)c(N(CCOC)C(=O)CSc2nnc(-c3cccnc3)n2C)c(=O)[nH]c1=O. The van der Waals surface area contributed by atoms with Crippen molar-refractivity contribution in [1.29, 1.82) is 0 Å². The summed E-state index contributed by atoms with van der Waals surface area (Å²) in [7, 11) is 3.29. The molecule has 3 N–H and O–H groups in total. The summed E-state index contributed by atoms with van der Waals surface area (Å²) in [4.78, 5) is 45.8. The van der Waals surface area contributed by atoms with Gasteiger partial charge in [-0.1, -0.05) is 25.1 Å². The molecule has 34 heavy (non-hydrogen) atoms. The summed E-state index contributed by atoms with van der Waals surface area (Å²) in [6.45, 7) is 2.58. The quantitative estimate of drug-likeness (QED) is 0.374. The summed E-state index contributed by atoms with van der Waals surface area (Å²) in [6.07, 6.45) is 4.88. The number of carbonyl (C=O) groups is 1. The van der Waals surface area contributed by atoms with E-state index in [2.05, 4.69) is 20.2 Å². The number of thioether (sulfide) groups is 1. The number of unbranched alkanes of at least 4 members (excludes halogenated alkanes) is 1. The zero-order chi connectivity index (χ0) is 24.7. The molecule has 12 nitrogen and oxygen atoms in total. The number of nitrogens with one attached hydrogen (secondary N) is 1. The number of aromatic nitrogens is 6. The molecule has 3 heterocycles. The maximum atomic E-state index is 13.2. The van der Waals surface area contributed by atoms with Gasteiger partial charge in [0.15, 0.2) is 16.7 Å². The Morgan fingerprint density at radius 2 is 2.12 bits per heavy atom. The molecule has 13 heteroatoms. The van der Waals surface area contributed by atoms with E-state index in [4.69, 9.17) is 10.5 Å². The predicted molar refractivity (Wildman–Crippen MR) is 130 cm³/mol. The van der Waals surface area contributed by atoms with E-state index in [0.717, 1.165) is 12.0 Å². The van der Waals surface area contributed by atoms with Gasteiger partial charge in [0, 0.05) is 45.2 Å². The van der Waals surface area contributed by atoms with Crippen LogP contribution in [0.5, 0.6) is 0 Å². The Balaban J connectivity index is 1.86. The molecule has 0 atom stereocenters. The molecule has 0 spiro atoms. The van der Waals surface area contributed by atoms with Crippen molar-refractivity contribution < 1.29 is 9.53 Å². The summed E-state index contributed by atoms with van der Waals surface area (Å²) in [6, 6.07) is 3.67. The summed E-state index contributed by atoms with van der Waals surface area (Å²) >= 11 is 1.18. The number of carbonyl (C=O) groups excluding carboxylic acids is 1. The minimum Gasteiger partial charge on any atom is -0.383 e. The molecule has 0 bridgehead atoms. The fourth-order valence-electron chi connectivity index (χ4n) is 3.31. The lowest BCUT2D eigenvalue weighted by atomic mass is 10.3. The van der Waals surface area contributed by atoms with Crippen LogP contribution in [0.15, 0.2) is 39.3 Å². The van der Waals surface area contributed by atoms with Crippen LogP contribution in [0.1, 0.15) is 19.8 Å². The molecule has 0 saturated carbocycles. The van der Waals surface area contributed by atoms with E-state index in [-0.39, 0.29) is 36.3 Å². The topological polar surface area (TPSA) is 154 Å². The maximum Gasteiger partial charge on any atom is 0.330 e. The van der Waals surface area contributed by atoms with Crippen LogP contribution in [0.2, 0.25) is 0 Å². The highest BCUT2D eigenvalue weighted by molar-refractivity contribution is 7.99. The number of anilines is 2. The Kier molecular flexibility index (Phi) is 8.60. The molecule has 0 unspecified atom stereocenters. The first-order valence-corrected chi connectivity index (χ1v) is 11.7. The van der Waals surface area contributed by atoms with Gasteiger partial charge in [0.25, 0.3) is 5.56 Å². The number of amides is 1. The lowest BCUT2D eigenvalue weighted by Crippen LogP contribution is -2.43. The van der Waals surface area contributed by atoms with Gasteiger partial charge in [0.1, 0.15) is 5.82 Å². The van der Waals surface area contributed by atoms with E-state index in [1.165, 1.54) is 28.3 Å². The molecule has 1 amide bonds. The molecule has 0 fully saturated rings. The number of nitrogen functional groups attached to an aromatic ring is 1. The van der Waals surface area contributed by atoms with Crippen LogP contribution in [-0.4, -0.2) is 61.2 Å². The van der Waals surface area contributed by atoms with Crippen molar-refractivity contribution >= 4 is 29.2 Å². The van der Waals surface area contributed by atoms with Gasteiger partial charge in [0.2, 0.25) is 5.91 Å². The molecule has 0 aliphatic rings. The second-order valence-electron chi connectivity index (χ2n) is 7.43. The highest BCUT2D eigenvalue weighted by Gasteiger charge is 2.25. The smallest absolute Gasteiger partial charge is 0.330 e. The van der Waals surface area contributed by atoms with Gasteiger partial charge in [-0.05, 0) is 18.6 Å². The Labute approximate surface area is 200 Å². The van der Waals surface area contributed by atoms with Crippen LogP contribution < -0.4 is 21.9 Å². The molecule has 0 aromatic carbocycles. The van der Waals surface area contributed by atoms with E-state index in [9.17, 15) is 14.4 Å². The average molecular weight is 489 g/mol. The first-order valence-electron chi connectivity index (χ1n) is 10.7. The van der Waals surface area contributed by atoms with E-state index >= 15 is 0 Å². The summed E-state index contributed by atoms with van der Waals surface area (Å²) in [5, 5.41) is 8.88. The number of nitrogens with two attached hydrogens (primary N) is 1. The highest BCUT2D eigenvalue weighted by Crippen LogP contribution is 2.24. The van der Waals surface area contributed by atoms with Gasteiger partial charge in [-0.3, -0.25) is 24.1 Å². The van der Waals surface area contributed by atoms with Crippen molar-refractivity contribution in [2.45, 2.75) is 31.5 Å². The first kappa shape index (κ1) is 25.2. The Bertz CT molecular complexity index is 1240. The standard InChI is InChI=1S/C21H28N8O4S/c1-4-5-9-29-17(22)16(19(31)24-20(29)32)28(10-11-33-3)15(30)13-34-21-26-25-18(27(21)2)14-7-6-8-23-12-14/h6-8,12H,4-5,9-11,13,22H2,1-3H3,(H,24,31,32). The zero-order valence-electron chi connectivity index (χ0n) is 19.4. The number of pyridine rings is 1. The first-order chi connectivity index (χ1) is 16.4. The van der Waals surface area contributed by atoms with Crippen LogP contribution >= 0.6 is 11.8 Å². The number of nitrogens with zero attached hydrogens (tertiary/aromatic N) is 6. The van der Waals surface area contributed by atoms with Crippen molar-refractivity contribution in [3.63, 3.8) is 0 Å². The van der Waals surface area contributed by atoms with Crippen LogP contribution in [-0.2, 0) is 23.1 Å². The molecular formula is C21H28N8O4S. The minimum atomic E-state index is -0.720. The molecule has 0 radical (unpaired) electrons. The predicted octanol–water partition coefficient (Wildman–Crippen LogP) is 0.881. The number of methoxy groups -OCH3 is 1. The van der Waals surface area contributed by atoms with Gasteiger partial charge in [0.05, 0.1) is 12.4 Å². The number of hydrogen-bond donors (Lipinski definition) is 2. The van der Waals surface area contributed by atoms with E-state index in [0.29, 0.717) is 23.9 Å². The third-order valence-electron chi connectivity index (χ3n) is 5.12. The highest BCUT2D eigenvalue weighted by atomic mass is 32.2. The van der Waals surface area contributed by atoms with Crippen LogP contribution in [0, 0.1) is 0 Å². The van der Waals surface area contributed by atoms with Crippen molar-refractivity contribution in [1.82, 2.24) is 29.3 Å². The summed E-state index contributed by atoms with van der Waals surface area (Å²) in [5.41, 5.74) is 5.62. The molecule has 0 saturated heterocycles.